The predicted octanol–water partition coefficient (Wildman–Crippen LogP) is 2.63. The van der Waals surface area contributed by atoms with Crippen molar-refractivity contribution >= 4 is 27.5 Å². The smallest absolute Gasteiger partial charge is 0.262 e. The first kappa shape index (κ1) is 21.5. The van der Waals surface area contributed by atoms with Crippen LogP contribution in [0.15, 0.2) is 11.1 Å². The Bertz CT molecular complexity index is 990. The number of carbonyl (C=O) groups excluding carboxylic acids is 1. The van der Waals surface area contributed by atoms with E-state index in [4.69, 9.17) is 4.74 Å². The number of fused-ring (bicyclic) bond motifs is 1. The maximum atomic E-state index is 13.0. The van der Waals surface area contributed by atoms with Crippen LogP contribution < -0.4 is 5.56 Å². The lowest BCUT2D eigenvalue weighted by molar-refractivity contribution is -0.142. The summed E-state index contributed by atoms with van der Waals surface area (Å²) in [5, 5.41) is 11.8. The first-order chi connectivity index (χ1) is 14.3. The second-order valence-electron chi connectivity index (χ2n) is 8.91. The molecule has 7 nitrogen and oxygen atoms in total. The number of carbonyl (C=O) groups is 1. The number of ether oxygens (including phenoxy) is 1. The predicted molar refractivity (Wildman–Crippen MR) is 117 cm³/mol. The van der Waals surface area contributed by atoms with Crippen LogP contribution in [-0.2, 0) is 16.1 Å². The Labute approximate surface area is 180 Å². The fourth-order valence-electron chi connectivity index (χ4n) is 4.84. The topological polar surface area (TPSA) is 84.7 Å². The fraction of sp³-hybridized carbons (Fsp3) is 0.682. The standard InChI is InChI=1S/C22H31N3O4S/c1-14-15(2)30-19-18(14)21(27)25(13-23-19)12-22(28)7-9-24(10-8-22)20(26)16-5-4-6-17(11-16)29-3/h13,16-17,28H,4-12H2,1-3H3/t16-,17-/m1/s1. The van der Waals surface area contributed by atoms with Gasteiger partial charge in [0.2, 0.25) is 5.91 Å². The molecule has 2 aromatic heterocycles. The highest BCUT2D eigenvalue weighted by Crippen LogP contribution is 2.31. The van der Waals surface area contributed by atoms with Crippen molar-refractivity contribution in [1.29, 1.82) is 0 Å². The molecule has 4 rings (SSSR count). The molecule has 8 heteroatoms. The van der Waals surface area contributed by atoms with Gasteiger partial charge in [0.1, 0.15) is 4.83 Å². The van der Waals surface area contributed by atoms with E-state index < -0.39 is 5.60 Å². The lowest BCUT2D eigenvalue weighted by atomic mass is 9.84. The number of likely N-dealkylation sites (tertiary alicyclic amines) is 1. The van der Waals surface area contributed by atoms with Crippen LogP contribution >= 0.6 is 11.3 Å². The van der Waals surface area contributed by atoms with E-state index in [1.54, 1.807) is 13.4 Å². The summed E-state index contributed by atoms with van der Waals surface area (Å²) in [6.45, 7) is 5.18. The van der Waals surface area contributed by atoms with Gasteiger partial charge >= 0.3 is 0 Å². The van der Waals surface area contributed by atoms with Crippen LogP contribution in [0.25, 0.3) is 10.2 Å². The molecule has 0 bridgehead atoms. The number of hydrogen-bond acceptors (Lipinski definition) is 6. The number of rotatable bonds is 4. The van der Waals surface area contributed by atoms with Crippen LogP contribution in [0.2, 0.25) is 0 Å². The van der Waals surface area contributed by atoms with Crippen molar-refractivity contribution in [3.05, 3.63) is 27.1 Å². The average molecular weight is 434 g/mol. The maximum absolute atomic E-state index is 13.0. The Morgan fingerprint density at radius 3 is 2.77 bits per heavy atom. The van der Waals surface area contributed by atoms with Gasteiger partial charge in [0.25, 0.3) is 5.56 Å². The summed E-state index contributed by atoms with van der Waals surface area (Å²) in [5.41, 5.74) is -0.131. The van der Waals surface area contributed by atoms with E-state index in [1.165, 1.54) is 15.9 Å². The molecule has 1 aliphatic carbocycles. The summed E-state index contributed by atoms with van der Waals surface area (Å²) in [7, 11) is 1.71. The summed E-state index contributed by atoms with van der Waals surface area (Å²) in [5.74, 6) is 0.206. The fourth-order valence-corrected chi connectivity index (χ4v) is 5.83. The van der Waals surface area contributed by atoms with E-state index in [0.717, 1.165) is 41.0 Å². The molecule has 30 heavy (non-hydrogen) atoms. The minimum absolute atomic E-state index is 0.0222. The number of piperidine rings is 1. The Kier molecular flexibility index (Phi) is 6.01. The molecule has 0 aromatic carbocycles. The molecular formula is C22H31N3O4S. The first-order valence-corrected chi connectivity index (χ1v) is 11.6. The number of methoxy groups -OCH3 is 1. The van der Waals surface area contributed by atoms with Gasteiger partial charge in [-0.3, -0.25) is 14.2 Å². The number of aryl methyl sites for hydroxylation is 2. The van der Waals surface area contributed by atoms with Crippen LogP contribution in [0.3, 0.4) is 0 Å². The van der Waals surface area contributed by atoms with Gasteiger partial charge in [-0.25, -0.2) is 4.98 Å². The minimum Gasteiger partial charge on any atom is -0.388 e. The van der Waals surface area contributed by atoms with Gasteiger partial charge in [-0.1, -0.05) is 6.42 Å². The number of amides is 1. The third kappa shape index (κ3) is 4.05. The first-order valence-electron chi connectivity index (χ1n) is 10.8. The summed E-state index contributed by atoms with van der Waals surface area (Å²) in [6, 6.07) is 0. The molecule has 2 atom stereocenters. The second-order valence-corrected chi connectivity index (χ2v) is 10.1. The van der Waals surface area contributed by atoms with Crippen LogP contribution in [-0.4, -0.2) is 57.4 Å². The Morgan fingerprint density at radius 2 is 2.07 bits per heavy atom. The van der Waals surface area contributed by atoms with Crippen molar-refractivity contribution in [3.63, 3.8) is 0 Å². The van der Waals surface area contributed by atoms with Gasteiger partial charge in [-0.15, -0.1) is 11.3 Å². The highest BCUT2D eigenvalue weighted by molar-refractivity contribution is 7.18. The minimum atomic E-state index is -1.00. The van der Waals surface area contributed by atoms with E-state index in [2.05, 4.69) is 4.98 Å². The van der Waals surface area contributed by atoms with Gasteiger partial charge in [0.05, 0.1) is 30.0 Å². The Hall–Kier alpha value is -1.77. The van der Waals surface area contributed by atoms with Crippen molar-refractivity contribution in [2.24, 2.45) is 5.92 Å². The summed E-state index contributed by atoms with van der Waals surface area (Å²) in [4.78, 5) is 34.1. The van der Waals surface area contributed by atoms with Crippen LogP contribution in [0.5, 0.6) is 0 Å². The number of aliphatic hydroxyl groups is 1. The summed E-state index contributed by atoms with van der Waals surface area (Å²) in [6.07, 6.45) is 6.39. The van der Waals surface area contributed by atoms with Crippen molar-refractivity contribution in [2.45, 2.75) is 70.6 Å². The maximum Gasteiger partial charge on any atom is 0.262 e. The zero-order valence-electron chi connectivity index (χ0n) is 18.0. The molecule has 2 aliphatic rings. The summed E-state index contributed by atoms with van der Waals surface area (Å²) < 4.78 is 6.99. The zero-order chi connectivity index (χ0) is 21.5. The highest BCUT2D eigenvalue weighted by Gasteiger charge is 2.37. The average Bonchev–Trinajstić information content (AvgIpc) is 3.04. The number of aromatic nitrogens is 2. The summed E-state index contributed by atoms with van der Waals surface area (Å²) >= 11 is 1.53. The van der Waals surface area contributed by atoms with Gasteiger partial charge in [-0.05, 0) is 51.5 Å². The molecule has 0 radical (unpaired) electrons. The van der Waals surface area contributed by atoms with E-state index in [9.17, 15) is 14.7 Å². The molecule has 1 amide bonds. The molecule has 0 spiro atoms. The zero-order valence-corrected chi connectivity index (χ0v) is 18.8. The largest absolute Gasteiger partial charge is 0.388 e. The molecule has 2 aromatic rings. The molecule has 1 saturated heterocycles. The van der Waals surface area contributed by atoms with Crippen molar-refractivity contribution < 1.29 is 14.6 Å². The monoisotopic (exact) mass is 433 g/mol. The van der Waals surface area contributed by atoms with Crippen LogP contribution in [0.1, 0.15) is 49.0 Å². The molecule has 1 saturated carbocycles. The Balaban J connectivity index is 1.42. The van der Waals surface area contributed by atoms with Crippen molar-refractivity contribution in [2.75, 3.05) is 20.2 Å². The molecule has 164 valence electrons. The van der Waals surface area contributed by atoms with E-state index in [0.29, 0.717) is 31.3 Å². The third-order valence-electron chi connectivity index (χ3n) is 6.93. The van der Waals surface area contributed by atoms with Gasteiger partial charge in [-0.2, -0.15) is 0 Å². The van der Waals surface area contributed by atoms with E-state index in [1.807, 2.05) is 18.7 Å². The number of thiophene rings is 1. The van der Waals surface area contributed by atoms with Crippen LogP contribution in [0, 0.1) is 19.8 Å². The molecule has 0 unspecified atom stereocenters. The molecule has 2 fully saturated rings. The highest BCUT2D eigenvalue weighted by atomic mass is 32.1. The number of hydrogen-bond donors (Lipinski definition) is 1. The molecular weight excluding hydrogens is 402 g/mol. The quantitative estimate of drug-likeness (QED) is 0.801. The second kappa shape index (κ2) is 8.40. The lowest BCUT2D eigenvalue weighted by Crippen LogP contribution is -2.51. The third-order valence-corrected chi connectivity index (χ3v) is 8.05. The SMILES string of the molecule is CO[C@@H]1CCC[C@@H](C(=O)N2CCC(O)(Cn3cnc4sc(C)c(C)c4c3=O)CC2)C1. The van der Waals surface area contributed by atoms with Gasteiger partial charge < -0.3 is 14.7 Å². The number of nitrogens with zero attached hydrogens (tertiary/aromatic N) is 3. The van der Waals surface area contributed by atoms with E-state index >= 15 is 0 Å². The normalized spacial score (nSPS) is 24.3. The Morgan fingerprint density at radius 1 is 1.33 bits per heavy atom. The van der Waals surface area contributed by atoms with Crippen molar-refractivity contribution in [3.8, 4) is 0 Å². The van der Waals surface area contributed by atoms with Crippen LogP contribution in [0.4, 0.5) is 0 Å². The van der Waals surface area contributed by atoms with Gasteiger partial charge in [0, 0.05) is 31.0 Å². The lowest BCUT2D eigenvalue weighted by Gasteiger charge is -2.40. The van der Waals surface area contributed by atoms with E-state index in [-0.39, 0.29) is 30.0 Å². The molecule has 1 aliphatic heterocycles. The molecule has 1 N–H and O–H groups in total. The van der Waals surface area contributed by atoms with Gasteiger partial charge in [0.15, 0.2) is 0 Å². The van der Waals surface area contributed by atoms with Crippen molar-refractivity contribution in [1.82, 2.24) is 14.5 Å². The molecule has 3 heterocycles.